The molecule has 0 aliphatic carbocycles. The number of aromatic nitrogens is 1. The van der Waals surface area contributed by atoms with Gasteiger partial charge in [0.2, 0.25) is 0 Å². The fourth-order valence-corrected chi connectivity index (χ4v) is 2.16. The minimum atomic E-state index is 0.518. The molecule has 21 heavy (non-hydrogen) atoms. The van der Waals surface area contributed by atoms with Crippen molar-refractivity contribution in [2.24, 2.45) is 0 Å². The van der Waals surface area contributed by atoms with E-state index in [0.717, 1.165) is 11.2 Å². The van der Waals surface area contributed by atoms with Crippen molar-refractivity contribution >= 4 is 12.9 Å². The SMILES string of the molecule is B(OCc1ccccn1)c1[c]ccc(-c2ccccc2)c1. The zero-order valence-electron chi connectivity index (χ0n) is 11.7. The van der Waals surface area contributed by atoms with Gasteiger partial charge in [-0.2, -0.15) is 0 Å². The second-order valence-corrected chi connectivity index (χ2v) is 4.78. The molecule has 0 saturated heterocycles. The monoisotopic (exact) mass is 272 g/mol. The van der Waals surface area contributed by atoms with Gasteiger partial charge in [-0.15, -0.1) is 0 Å². The highest BCUT2D eigenvalue weighted by molar-refractivity contribution is 6.46. The second kappa shape index (κ2) is 6.86. The Balaban J connectivity index is 1.64. The summed E-state index contributed by atoms with van der Waals surface area (Å²) in [5.41, 5.74) is 4.38. The molecule has 0 spiro atoms. The molecule has 0 bridgehead atoms. The lowest BCUT2D eigenvalue weighted by atomic mass is 9.86. The van der Waals surface area contributed by atoms with Gasteiger partial charge < -0.3 is 4.65 Å². The molecule has 101 valence electrons. The molecule has 2 nitrogen and oxygen atoms in total. The van der Waals surface area contributed by atoms with Gasteiger partial charge >= 0.3 is 7.48 Å². The third kappa shape index (κ3) is 3.80. The maximum absolute atomic E-state index is 5.70. The van der Waals surface area contributed by atoms with Crippen LogP contribution in [-0.4, -0.2) is 12.5 Å². The molecule has 0 aliphatic heterocycles. The van der Waals surface area contributed by atoms with Gasteiger partial charge in [0.05, 0.1) is 12.3 Å². The number of nitrogens with zero attached hydrogens (tertiary/aromatic N) is 1. The highest BCUT2D eigenvalue weighted by Crippen LogP contribution is 2.16. The van der Waals surface area contributed by atoms with Gasteiger partial charge in [0, 0.05) is 6.20 Å². The van der Waals surface area contributed by atoms with Gasteiger partial charge in [-0.25, -0.2) is 0 Å². The minimum absolute atomic E-state index is 0.518. The summed E-state index contributed by atoms with van der Waals surface area (Å²) >= 11 is 0. The Labute approximate surface area is 125 Å². The lowest BCUT2D eigenvalue weighted by Gasteiger charge is -2.05. The van der Waals surface area contributed by atoms with Crippen molar-refractivity contribution in [1.29, 1.82) is 0 Å². The molecule has 0 saturated carbocycles. The Morgan fingerprint density at radius 2 is 1.81 bits per heavy atom. The summed E-state index contributed by atoms with van der Waals surface area (Å²) in [7, 11) is 0.539. The predicted octanol–water partition coefficient (Wildman–Crippen LogP) is 2.74. The number of hydrogen-bond donors (Lipinski definition) is 0. The van der Waals surface area contributed by atoms with Gasteiger partial charge in [-0.1, -0.05) is 54.6 Å². The molecule has 3 aromatic rings. The topological polar surface area (TPSA) is 22.1 Å². The van der Waals surface area contributed by atoms with E-state index in [1.807, 2.05) is 42.5 Å². The third-order valence-corrected chi connectivity index (χ3v) is 3.20. The Bertz CT molecular complexity index is 686. The van der Waals surface area contributed by atoms with E-state index < -0.39 is 0 Å². The van der Waals surface area contributed by atoms with Crippen LogP contribution in [-0.2, 0) is 11.3 Å². The highest BCUT2D eigenvalue weighted by Gasteiger charge is 2.02. The van der Waals surface area contributed by atoms with E-state index in [2.05, 4.69) is 35.3 Å². The lowest BCUT2D eigenvalue weighted by Crippen LogP contribution is -2.18. The fourth-order valence-electron chi connectivity index (χ4n) is 2.16. The van der Waals surface area contributed by atoms with Crippen LogP contribution < -0.4 is 5.46 Å². The Morgan fingerprint density at radius 3 is 2.62 bits per heavy atom. The summed E-state index contributed by atoms with van der Waals surface area (Å²) in [5.74, 6) is 0. The van der Waals surface area contributed by atoms with Crippen LogP contribution in [0.25, 0.3) is 11.1 Å². The number of hydrogen-bond acceptors (Lipinski definition) is 2. The van der Waals surface area contributed by atoms with Gasteiger partial charge in [-0.3, -0.25) is 4.98 Å². The number of benzene rings is 2. The van der Waals surface area contributed by atoms with Crippen molar-refractivity contribution in [3.63, 3.8) is 0 Å². The molecule has 0 amide bonds. The summed E-state index contributed by atoms with van der Waals surface area (Å²) in [6.45, 7) is 0.518. The van der Waals surface area contributed by atoms with E-state index in [4.69, 9.17) is 4.65 Å². The highest BCUT2D eigenvalue weighted by atomic mass is 16.4. The zero-order chi connectivity index (χ0) is 14.3. The molecule has 3 heteroatoms. The molecule has 0 fully saturated rings. The standard InChI is InChI=1S/C18H15BNO/c1-2-7-15(8-3-1)16-9-6-10-17(13-16)19-21-14-18-11-4-5-12-20-18/h1-9,11-13,19H,14H2. The van der Waals surface area contributed by atoms with E-state index in [9.17, 15) is 0 Å². The molecule has 2 aromatic carbocycles. The molecule has 1 aromatic heterocycles. The van der Waals surface area contributed by atoms with Crippen molar-refractivity contribution in [3.8, 4) is 11.1 Å². The van der Waals surface area contributed by atoms with E-state index in [1.165, 1.54) is 11.1 Å². The Morgan fingerprint density at radius 1 is 0.952 bits per heavy atom. The first-order valence-corrected chi connectivity index (χ1v) is 6.95. The summed E-state index contributed by atoms with van der Waals surface area (Å²) < 4.78 is 5.70. The van der Waals surface area contributed by atoms with Crippen LogP contribution in [0.3, 0.4) is 0 Å². The molecule has 1 radical (unpaired) electrons. The first-order valence-electron chi connectivity index (χ1n) is 6.95. The van der Waals surface area contributed by atoms with Crippen molar-refractivity contribution < 1.29 is 4.65 Å². The summed E-state index contributed by atoms with van der Waals surface area (Å²) in [4.78, 5) is 4.24. The van der Waals surface area contributed by atoms with Crippen molar-refractivity contribution in [3.05, 3.63) is 84.7 Å². The van der Waals surface area contributed by atoms with Crippen LogP contribution in [0.5, 0.6) is 0 Å². The van der Waals surface area contributed by atoms with Crippen molar-refractivity contribution in [2.75, 3.05) is 0 Å². The Hall–Kier alpha value is -2.39. The third-order valence-electron chi connectivity index (χ3n) is 3.20. The maximum atomic E-state index is 5.70. The molecule has 0 N–H and O–H groups in total. The maximum Gasteiger partial charge on any atom is 0.309 e. The smallest absolute Gasteiger partial charge is 0.309 e. The summed E-state index contributed by atoms with van der Waals surface area (Å²) in [5, 5.41) is 0. The second-order valence-electron chi connectivity index (χ2n) is 4.78. The van der Waals surface area contributed by atoms with Crippen molar-refractivity contribution in [1.82, 2.24) is 4.98 Å². The van der Waals surface area contributed by atoms with E-state index >= 15 is 0 Å². The van der Waals surface area contributed by atoms with Gasteiger partial charge in [0.15, 0.2) is 0 Å². The molecular weight excluding hydrogens is 257 g/mol. The first-order chi connectivity index (χ1) is 10.4. The molecule has 0 aliphatic rings. The summed E-state index contributed by atoms with van der Waals surface area (Å²) in [6, 6.07) is 25.5. The predicted molar refractivity (Wildman–Crippen MR) is 86.5 cm³/mol. The van der Waals surface area contributed by atoms with Crippen LogP contribution in [0.4, 0.5) is 0 Å². The minimum Gasteiger partial charge on any atom is -0.429 e. The normalized spacial score (nSPS) is 10.3. The van der Waals surface area contributed by atoms with Crippen LogP contribution in [0.2, 0.25) is 0 Å². The van der Waals surface area contributed by atoms with E-state index in [0.29, 0.717) is 14.1 Å². The molecule has 1 heterocycles. The number of pyridine rings is 1. The molecule has 0 atom stereocenters. The van der Waals surface area contributed by atoms with Crippen molar-refractivity contribution in [2.45, 2.75) is 6.61 Å². The van der Waals surface area contributed by atoms with Crippen LogP contribution >= 0.6 is 0 Å². The molecular formula is C18H15BNO. The first kappa shape index (κ1) is 13.6. The van der Waals surface area contributed by atoms with E-state index in [-0.39, 0.29) is 0 Å². The lowest BCUT2D eigenvalue weighted by molar-refractivity contribution is 0.325. The number of rotatable bonds is 5. The average molecular weight is 272 g/mol. The summed E-state index contributed by atoms with van der Waals surface area (Å²) in [6.07, 6.45) is 1.78. The van der Waals surface area contributed by atoms with Gasteiger partial charge in [-0.05, 0) is 34.8 Å². The average Bonchev–Trinajstić information content (AvgIpc) is 2.57. The van der Waals surface area contributed by atoms with Gasteiger partial charge in [0.25, 0.3) is 0 Å². The molecule has 3 rings (SSSR count). The quantitative estimate of drug-likeness (QED) is 0.666. The molecule has 0 unspecified atom stereocenters. The zero-order valence-corrected chi connectivity index (χ0v) is 11.7. The fraction of sp³-hybridized carbons (Fsp3) is 0.0556. The largest absolute Gasteiger partial charge is 0.429 e. The van der Waals surface area contributed by atoms with Crippen LogP contribution in [0, 0.1) is 6.07 Å². The van der Waals surface area contributed by atoms with Crippen LogP contribution in [0.15, 0.2) is 72.9 Å². The van der Waals surface area contributed by atoms with E-state index in [1.54, 1.807) is 6.20 Å². The van der Waals surface area contributed by atoms with Gasteiger partial charge in [0.1, 0.15) is 0 Å². The Kier molecular flexibility index (Phi) is 4.44. The van der Waals surface area contributed by atoms with Crippen LogP contribution in [0.1, 0.15) is 5.69 Å².